The molecule has 0 saturated carbocycles. The van der Waals surface area contributed by atoms with Gasteiger partial charge in [-0.05, 0) is 31.5 Å². The Morgan fingerprint density at radius 3 is 2.50 bits per heavy atom. The zero-order valence-corrected chi connectivity index (χ0v) is 21.7. The van der Waals surface area contributed by atoms with Crippen molar-refractivity contribution in [2.75, 3.05) is 46.5 Å². The number of Topliss-reactive ketones (excluding diaryl/α,β-unsaturated/α-hetero) is 1. The van der Waals surface area contributed by atoms with E-state index in [0.717, 1.165) is 25.3 Å². The van der Waals surface area contributed by atoms with Crippen LogP contribution in [0.5, 0.6) is 5.75 Å². The Morgan fingerprint density at radius 1 is 1.05 bits per heavy atom. The molecule has 0 spiro atoms. The van der Waals surface area contributed by atoms with Crippen molar-refractivity contribution in [2.45, 2.75) is 19.4 Å². The Balaban J connectivity index is 1.54. The number of likely N-dealkylation sites (tertiary alicyclic amines) is 1. The van der Waals surface area contributed by atoms with Crippen LogP contribution in [0.25, 0.3) is 11.4 Å². The zero-order chi connectivity index (χ0) is 26.6. The first-order valence-electron chi connectivity index (χ1n) is 12.8. The maximum atomic E-state index is 13.5. The summed E-state index contributed by atoms with van der Waals surface area (Å²) in [6, 6.07) is 16.1. The number of carbonyl (C=O) groups excluding carboxylic acids is 2. The number of carbonyl (C=O) groups is 2. The van der Waals surface area contributed by atoms with E-state index in [1.165, 1.54) is 6.20 Å². The van der Waals surface area contributed by atoms with Gasteiger partial charge >= 0.3 is 0 Å². The molecular weight excluding hydrogens is 484 g/mol. The van der Waals surface area contributed by atoms with Crippen LogP contribution in [0.15, 0.2) is 66.4 Å². The molecule has 0 bridgehead atoms. The second-order valence-corrected chi connectivity index (χ2v) is 9.43. The van der Waals surface area contributed by atoms with Crippen LogP contribution in [0.1, 0.15) is 29.3 Å². The van der Waals surface area contributed by atoms with Crippen molar-refractivity contribution in [1.29, 1.82) is 0 Å². The molecule has 0 unspecified atom stereocenters. The molecule has 1 N–H and O–H groups in total. The zero-order valence-electron chi connectivity index (χ0n) is 21.7. The molecule has 0 aliphatic carbocycles. The third-order valence-corrected chi connectivity index (χ3v) is 7.22. The van der Waals surface area contributed by atoms with Crippen LogP contribution in [-0.4, -0.2) is 82.9 Å². The lowest BCUT2D eigenvalue weighted by atomic mass is 9.94. The number of benzene rings is 2. The van der Waals surface area contributed by atoms with E-state index in [-0.39, 0.29) is 11.3 Å². The summed E-state index contributed by atoms with van der Waals surface area (Å²) in [6.07, 6.45) is 2.21. The predicted molar refractivity (Wildman–Crippen MR) is 142 cm³/mol. The van der Waals surface area contributed by atoms with E-state index in [4.69, 9.17) is 9.47 Å². The number of hydrogen-bond donors (Lipinski definition) is 1. The van der Waals surface area contributed by atoms with Crippen LogP contribution < -0.4 is 4.74 Å². The number of amides is 1. The van der Waals surface area contributed by atoms with E-state index in [2.05, 4.69) is 10.00 Å². The van der Waals surface area contributed by atoms with Gasteiger partial charge in [-0.1, -0.05) is 36.4 Å². The molecule has 3 aromatic rings. The standard InChI is InChI=1S/C29H32N4O5/c1-20-23(19-30-33(20)21-9-4-3-5-10-21)27(34)25-26(22-11-6-7-12-24(22)37-2)32(29(36)28(25)35)14-8-13-31-15-17-38-18-16-31/h3-7,9-12,19,26,34H,8,13-18H2,1-2H3/b27-25+/t26-/m0/s1. The smallest absolute Gasteiger partial charge is 0.295 e. The highest BCUT2D eigenvalue weighted by molar-refractivity contribution is 6.46. The summed E-state index contributed by atoms with van der Waals surface area (Å²) < 4.78 is 12.7. The second-order valence-electron chi connectivity index (χ2n) is 9.43. The summed E-state index contributed by atoms with van der Waals surface area (Å²) in [7, 11) is 1.55. The first kappa shape index (κ1) is 25.7. The number of ketones is 1. The van der Waals surface area contributed by atoms with Crippen LogP contribution in [0.3, 0.4) is 0 Å². The Kier molecular flexibility index (Phi) is 7.57. The average Bonchev–Trinajstić information content (AvgIpc) is 3.46. The van der Waals surface area contributed by atoms with Gasteiger partial charge in [-0.3, -0.25) is 14.5 Å². The van der Waals surface area contributed by atoms with Crippen LogP contribution in [-0.2, 0) is 14.3 Å². The Bertz CT molecular complexity index is 1340. The van der Waals surface area contributed by atoms with E-state index in [1.54, 1.807) is 22.8 Å². The summed E-state index contributed by atoms with van der Waals surface area (Å²) in [5.74, 6) is -1.04. The molecule has 38 heavy (non-hydrogen) atoms. The first-order valence-corrected chi connectivity index (χ1v) is 12.8. The lowest BCUT2D eigenvalue weighted by Crippen LogP contribution is -2.39. The molecule has 9 heteroatoms. The number of hydrogen-bond acceptors (Lipinski definition) is 7. The molecule has 2 fully saturated rings. The normalized spacial score (nSPS) is 19.7. The van der Waals surface area contributed by atoms with Gasteiger partial charge in [0.2, 0.25) is 0 Å². The molecule has 1 amide bonds. The highest BCUT2D eigenvalue weighted by Crippen LogP contribution is 2.43. The molecule has 3 heterocycles. The van der Waals surface area contributed by atoms with E-state index in [0.29, 0.717) is 48.7 Å². The molecule has 5 rings (SSSR count). The van der Waals surface area contributed by atoms with Crippen LogP contribution in [0.4, 0.5) is 0 Å². The summed E-state index contributed by atoms with van der Waals surface area (Å²) in [4.78, 5) is 30.7. The molecule has 2 aromatic carbocycles. The fourth-order valence-corrected chi connectivity index (χ4v) is 5.23. The molecule has 198 valence electrons. The van der Waals surface area contributed by atoms with Crippen molar-refractivity contribution in [3.05, 3.63) is 83.2 Å². The van der Waals surface area contributed by atoms with E-state index in [9.17, 15) is 14.7 Å². The number of para-hydroxylation sites is 2. The minimum atomic E-state index is -0.782. The lowest BCUT2D eigenvalue weighted by Gasteiger charge is -2.29. The van der Waals surface area contributed by atoms with Gasteiger partial charge in [-0.2, -0.15) is 5.10 Å². The molecule has 0 radical (unpaired) electrons. The Morgan fingerprint density at radius 2 is 1.76 bits per heavy atom. The number of nitrogens with zero attached hydrogens (tertiary/aromatic N) is 4. The van der Waals surface area contributed by atoms with Crippen molar-refractivity contribution in [3.63, 3.8) is 0 Å². The highest BCUT2D eigenvalue weighted by Gasteiger charge is 2.47. The van der Waals surface area contributed by atoms with Crippen molar-refractivity contribution in [1.82, 2.24) is 19.6 Å². The number of aliphatic hydroxyl groups excluding tert-OH is 1. The maximum Gasteiger partial charge on any atom is 0.295 e. The number of aromatic nitrogens is 2. The predicted octanol–water partition coefficient (Wildman–Crippen LogP) is 3.33. The second kappa shape index (κ2) is 11.2. The summed E-state index contributed by atoms with van der Waals surface area (Å²) in [5.41, 5.74) is 2.58. The lowest BCUT2D eigenvalue weighted by molar-refractivity contribution is -0.140. The van der Waals surface area contributed by atoms with Crippen LogP contribution in [0, 0.1) is 6.92 Å². The molecule has 2 aliphatic heterocycles. The molecule has 2 saturated heterocycles. The van der Waals surface area contributed by atoms with Gasteiger partial charge in [0, 0.05) is 31.7 Å². The third kappa shape index (κ3) is 4.82. The first-order chi connectivity index (χ1) is 18.5. The summed E-state index contributed by atoms with van der Waals surface area (Å²) in [6.45, 7) is 6.06. The molecular formula is C29H32N4O5. The Hall–Kier alpha value is -3.95. The summed E-state index contributed by atoms with van der Waals surface area (Å²) >= 11 is 0. The molecule has 1 aromatic heterocycles. The van der Waals surface area contributed by atoms with Gasteiger partial charge in [-0.25, -0.2) is 4.68 Å². The third-order valence-electron chi connectivity index (χ3n) is 7.22. The number of ether oxygens (including phenoxy) is 2. The SMILES string of the molecule is COc1ccccc1[C@H]1/C(=C(\O)c2cnn(-c3ccccc3)c2C)C(=O)C(=O)N1CCCN1CCOCC1. The van der Waals surface area contributed by atoms with Gasteiger partial charge in [0.25, 0.3) is 11.7 Å². The van der Waals surface area contributed by atoms with Crippen molar-refractivity contribution < 1.29 is 24.2 Å². The minimum absolute atomic E-state index is 0.0431. The highest BCUT2D eigenvalue weighted by atomic mass is 16.5. The molecule has 9 nitrogen and oxygen atoms in total. The molecule has 2 aliphatic rings. The number of morpholine rings is 1. The monoisotopic (exact) mass is 516 g/mol. The number of rotatable bonds is 8. The van der Waals surface area contributed by atoms with Gasteiger partial charge < -0.3 is 19.5 Å². The van der Waals surface area contributed by atoms with E-state index >= 15 is 0 Å². The van der Waals surface area contributed by atoms with Crippen LogP contribution in [0.2, 0.25) is 0 Å². The van der Waals surface area contributed by atoms with Gasteiger partial charge in [-0.15, -0.1) is 0 Å². The van der Waals surface area contributed by atoms with Crippen molar-refractivity contribution >= 4 is 17.4 Å². The topological polar surface area (TPSA) is 97.1 Å². The van der Waals surface area contributed by atoms with E-state index < -0.39 is 17.7 Å². The largest absolute Gasteiger partial charge is 0.507 e. The Labute approximate surface area is 221 Å². The average molecular weight is 517 g/mol. The van der Waals surface area contributed by atoms with Gasteiger partial charge in [0.15, 0.2) is 0 Å². The number of aliphatic hydroxyl groups is 1. The minimum Gasteiger partial charge on any atom is -0.507 e. The van der Waals surface area contributed by atoms with Gasteiger partial charge in [0.1, 0.15) is 11.5 Å². The number of methoxy groups -OCH3 is 1. The fraction of sp³-hybridized carbons (Fsp3) is 0.345. The van der Waals surface area contributed by atoms with E-state index in [1.807, 2.05) is 55.5 Å². The quantitative estimate of drug-likeness (QED) is 0.279. The van der Waals surface area contributed by atoms with Gasteiger partial charge in [0.05, 0.1) is 55.1 Å². The van der Waals surface area contributed by atoms with Crippen LogP contribution >= 0.6 is 0 Å². The maximum absolute atomic E-state index is 13.5. The molecule has 1 atom stereocenters. The fourth-order valence-electron chi connectivity index (χ4n) is 5.23. The van der Waals surface area contributed by atoms with Crippen molar-refractivity contribution in [3.8, 4) is 11.4 Å². The van der Waals surface area contributed by atoms with Crippen molar-refractivity contribution in [2.24, 2.45) is 0 Å². The summed E-state index contributed by atoms with van der Waals surface area (Å²) in [5, 5.41) is 16.0.